The topological polar surface area (TPSA) is 58.9 Å². The molecule has 1 rings (SSSR count). The first-order valence-corrected chi connectivity index (χ1v) is 7.44. The summed E-state index contributed by atoms with van der Waals surface area (Å²) in [4.78, 5) is 29.4. The fourth-order valence-electron chi connectivity index (χ4n) is 2.63. The summed E-state index contributed by atoms with van der Waals surface area (Å²) in [6.45, 7) is 8.18. The number of nitrogens with zero attached hydrogens (tertiary/aromatic N) is 2. The molecule has 0 atom stereocenters. The molecule has 4 heteroatoms. The molecule has 0 radical (unpaired) electrons. The van der Waals surface area contributed by atoms with Crippen LogP contribution in [0.1, 0.15) is 63.1 Å². The third-order valence-corrected chi connectivity index (χ3v) is 3.40. The van der Waals surface area contributed by atoms with Crippen molar-refractivity contribution >= 4 is 23.5 Å². The van der Waals surface area contributed by atoms with E-state index in [9.17, 15) is 9.59 Å². The molecule has 0 N–H and O–H groups in total. The van der Waals surface area contributed by atoms with E-state index < -0.39 is 0 Å². The number of rotatable bonds is 7. The SMILES string of the molecule is CCCc1cc(CCC)c(N=C=O)c(C(C)C)c1N=C=O. The molecule has 1 aromatic rings. The first-order chi connectivity index (χ1) is 10.1. The summed E-state index contributed by atoms with van der Waals surface area (Å²) >= 11 is 0. The van der Waals surface area contributed by atoms with E-state index in [4.69, 9.17) is 0 Å². The van der Waals surface area contributed by atoms with E-state index in [-0.39, 0.29) is 5.92 Å². The van der Waals surface area contributed by atoms with E-state index in [1.165, 1.54) is 0 Å². The average molecular weight is 286 g/mol. The lowest BCUT2D eigenvalue weighted by Crippen LogP contribution is -1.99. The summed E-state index contributed by atoms with van der Waals surface area (Å²) in [5.41, 5.74) is 4.14. The molecule has 0 fully saturated rings. The van der Waals surface area contributed by atoms with Crippen molar-refractivity contribution in [2.75, 3.05) is 0 Å². The van der Waals surface area contributed by atoms with Gasteiger partial charge in [0, 0.05) is 5.56 Å². The number of benzene rings is 1. The molecular formula is C17H22N2O2. The van der Waals surface area contributed by atoms with Gasteiger partial charge in [-0.1, -0.05) is 46.6 Å². The smallest absolute Gasteiger partial charge is 0.211 e. The predicted molar refractivity (Wildman–Crippen MR) is 84.1 cm³/mol. The van der Waals surface area contributed by atoms with Crippen molar-refractivity contribution in [1.82, 2.24) is 0 Å². The Bertz CT molecular complexity index is 547. The second-order valence-corrected chi connectivity index (χ2v) is 5.37. The van der Waals surface area contributed by atoms with Gasteiger partial charge in [-0.05, 0) is 29.9 Å². The molecule has 0 bridgehead atoms. The van der Waals surface area contributed by atoms with Gasteiger partial charge in [0.1, 0.15) is 0 Å². The minimum atomic E-state index is 0.108. The molecule has 0 aliphatic heterocycles. The zero-order valence-electron chi connectivity index (χ0n) is 13.2. The van der Waals surface area contributed by atoms with E-state index in [0.29, 0.717) is 11.4 Å². The molecule has 0 unspecified atom stereocenters. The highest BCUT2D eigenvalue weighted by Crippen LogP contribution is 2.41. The average Bonchev–Trinajstić information content (AvgIpc) is 2.43. The van der Waals surface area contributed by atoms with E-state index in [1.54, 1.807) is 12.2 Å². The summed E-state index contributed by atoms with van der Waals surface area (Å²) in [5.74, 6) is 0.108. The number of aryl methyl sites for hydroxylation is 2. The summed E-state index contributed by atoms with van der Waals surface area (Å²) in [7, 11) is 0. The lowest BCUT2D eigenvalue weighted by molar-refractivity contribution is 0.564. The van der Waals surface area contributed by atoms with Crippen LogP contribution in [0.15, 0.2) is 16.1 Å². The summed E-state index contributed by atoms with van der Waals surface area (Å²) in [5, 5.41) is 0. The molecule has 4 nitrogen and oxygen atoms in total. The molecule has 0 spiro atoms. The molecule has 0 aliphatic carbocycles. The number of hydrogen-bond acceptors (Lipinski definition) is 4. The van der Waals surface area contributed by atoms with Crippen LogP contribution < -0.4 is 0 Å². The van der Waals surface area contributed by atoms with Gasteiger partial charge < -0.3 is 0 Å². The van der Waals surface area contributed by atoms with Crippen LogP contribution in [0.5, 0.6) is 0 Å². The van der Waals surface area contributed by atoms with Gasteiger partial charge >= 0.3 is 0 Å². The van der Waals surface area contributed by atoms with Crippen LogP contribution in [-0.4, -0.2) is 12.2 Å². The van der Waals surface area contributed by atoms with Crippen molar-refractivity contribution in [2.45, 2.75) is 59.3 Å². The van der Waals surface area contributed by atoms with Gasteiger partial charge in [-0.3, -0.25) is 0 Å². The van der Waals surface area contributed by atoms with Gasteiger partial charge in [0.25, 0.3) is 0 Å². The Hall–Kier alpha value is -2.02. The van der Waals surface area contributed by atoms with E-state index in [1.807, 2.05) is 19.9 Å². The fourth-order valence-corrected chi connectivity index (χ4v) is 2.63. The zero-order chi connectivity index (χ0) is 15.8. The van der Waals surface area contributed by atoms with Crippen LogP contribution in [0.4, 0.5) is 11.4 Å². The Morgan fingerprint density at radius 1 is 0.952 bits per heavy atom. The van der Waals surface area contributed by atoms with Crippen LogP contribution in [0.2, 0.25) is 0 Å². The second-order valence-electron chi connectivity index (χ2n) is 5.37. The van der Waals surface area contributed by atoms with Crippen LogP contribution in [-0.2, 0) is 22.4 Å². The van der Waals surface area contributed by atoms with Crippen molar-refractivity contribution in [3.05, 3.63) is 22.8 Å². The highest BCUT2D eigenvalue weighted by Gasteiger charge is 2.19. The number of carbonyl (C=O) groups excluding carboxylic acids is 2. The lowest BCUT2D eigenvalue weighted by atomic mass is 9.89. The van der Waals surface area contributed by atoms with Crippen LogP contribution >= 0.6 is 0 Å². The molecule has 0 amide bonds. The Balaban J connectivity index is 3.77. The second kappa shape index (κ2) is 8.31. The highest BCUT2D eigenvalue weighted by molar-refractivity contribution is 5.73. The molecule has 1 aromatic carbocycles. The molecule has 0 saturated carbocycles. The Kier molecular flexibility index (Phi) is 6.74. The minimum Gasteiger partial charge on any atom is -0.211 e. The quantitative estimate of drug-likeness (QED) is 0.541. The van der Waals surface area contributed by atoms with Crippen molar-refractivity contribution in [1.29, 1.82) is 0 Å². The summed E-state index contributed by atoms with van der Waals surface area (Å²) in [6, 6.07) is 2.02. The molecule has 0 heterocycles. The molecule has 112 valence electrons. The monoisotopic (exact) mass is 286 g/mol. The molecule has 21 heavy (non-hydrogen) atoms. The summed E-state index contributed by atoms with van der Waals surface area (Å²) < 4.78 is 0. The number of hydrogen-bond donors (Lipinski definition) is 0. The fraction of sp³-hybridized carbons (Fsp3) is 0.529. The van der Waals surface area contributed by atoms with Gasteiger partial charge in [0.05, 0.1) is 11.4 Å². The molecule has 0 aromatic heterocycles. The Labute approximate surface area is 126 Å². The predicted octanol–water partition coefficient (Wildman–Crippen LogP) is 4.65. The van der Waals surface area contributed by atoms with Gasteiger partial charge in [-0.2, -0.15) is 9.98 Å². The van der Waals surface area contributed by atoms with E-state index in [0.717, 1.165) is 42.4 Å². The van der Waals surface area contributed by atoms with Gasteiger partial charge in [-0.25, -0.2) is 9.59 Å². The first-order valence-electron chi connectivity index (χ1n) is 7.44. The molecular weight excluding hydrogens is 264 g/mol. The third-order valence-electron chi connectivity index (χ3n) is 3.40. The van der Waals surface area contributed by atoms with Crippen molar-refractivity contribution in [3.63, 3.8) is 0 Å². The third kappa shape index (κ3) is 3.98. The Morgan fingerprint density at radius 2 is 1.38 bits per heavy atom. The molecule has 0 aliphatic rings. The van der Waals surface area contributed by atoms with Crippen molar-refractivity contribution < 1.29 is 9.59 Å². The maximum atomic E-state index is 10.8. The maximum absolute atomic E-state index is 10.8. The largest absolute Gasteiger partial charge is 0.240 e. The number of isocyanates is 2. The van der Waals surface area contributed by atoms with Crippen molar-refractivity contribution in [2.24, 2.45) is 9.98 Å². The first kappa shape index (κ1) is 17.0. The van der Waals surface area contributed by atoms with Gasteiger partial charge in [0.2, 0.25) is 12.2 Å². The minimum absolute atomic E-state index is 0.108. The summed E-state index contributed by atoms with van der Waals surface area (Å²) in [6.07, 6.45) is 6.86. The standard InChI is InChI=1S/C17H22N2O2/c1-5-7-13-9-14(8-6-2)17(19-11-21)15(12(3)4)16(13)18-10-20/h9,12H,5-8H2,1-4H3. The normalized spacial score (nSPS) is 10.1. The highest BCUT2D eigenvalue weighted by atomic mass is 16.1. The Morgan fingerprint density at radius 3 is 1.67 bits per heavy atom. The van der Waals surface area contributed by atoms with Crippen LogP contribution in [0.25, 0.3) is 0 Å². The van der Waals surface area contributed by atoms with Crippen molar-refractivity contribution in [3.8, 4) is 0 Å². The maximum Gasteiger partial charge on any atom is 0.240 e. The van der Waals surface area contributed by atoms with Crippen LogP contribution in [0.3, 0.4) is 0 Å². The lowest BCUT2D eigenvalue weighted by Gasteiger charge is -2.18. The molecule has 0 saturated heterocycles. The van der Waals surface area contributed by atoms with Crippen LogP contribution in [0, 0.1) is 0 Å². The van der Waals surface area contributed by atoms with E-state index in [2.05, 4.69) is 23.8 Å². The zero-order valence-corrected chi connectivity index (χ0v) is 13.2. The van der Waals surface area contributed by atoms with Gasteiger partial charge in [0.15, 0.2) is 0 Å². The van der Waals surface area contributed by atoms with Gasteiger partial charge in [-0.15, -0.1) is 0 Å². The number of aliphatic imine (C=N–C) groups is 2. The van der Waals surface area contributed by atoms with E-state index >= 15 is 0 Å².